The molecule has 0 saturated carbocycles. The van der Waals surface area contributed by atoms with Crippen LogP contribution in [0.3, 0.4) is 0 Å². The van der Waals surface area contributed by atoms with Crippen molar-refractivity contribution in [3.05, 3.63) is 16.6 Å². The molecule has 0 bridgehead atoms. The van der Waals surface area contributed by atoms with Gasteiger partial charge in [0.1, 0.15) is 0 Å². The van der Waals surface area contributed by atoms with E-state index >= 15 is 0 Å². The average Bonchev–Trinajstić information content (AvgIpc) is 2.97. The van der Waals surface area contributed by atoms with Crippen LogP contribution in [0, 0.1) is 0 Å². The lowest BCUT2D eigenvalue weighted by Gasteiger charge is -2.00. The van der Waals surface area contributed by atoms with E-state index in [1.54, 1.807) is 0 Å². The Morgan fingerprint density at radius 2 is 1.91 bits per heavy atom. The first-order chi connectivity index (χ1) is 11.0. The van der Waals surface area contributed by atoms with Crippen LogP contribution in [-0.4, -0.2) is 35.9 Å². The van der Waals surface area contributed by atoms with Gasteiger partial charge in [0, 0.05) is 0 Å². The highest BCUT2D eigenvalue weighted by atomic mass is 32.2. The van der Waals surface area contributed by atoms with Crippen molar-refractivity contribution in [3.63, 3.8) is 0 Å². The van der Waals surface area contributed by atoms with Crippen molar-refractivity contribution in [2.45, 2.75) is 49.8 Å². The smallest absolute Gasteiger partial charge is 0.317 e. The Balaban J connectivity index is 2.09. The topological polar surface area (TPSA) is 90.6 Å². The number of methoxy groups -OCH3 is 1. The molecule has 0 aromatic carbocycles. The maximum Gasteiger partial charge on any atom is 0.317 e. The lowest BCUT2D eigenvalue weighted by molar-refractivity contribution is 0.404. The van der Waals surface area contributed by atoms with E-state index in [4.69, 9.17) is 4.74 Å². The van der Waals surface area contributed by atoms with Crippen molar-refractivity contribution in [3.8, 4) is 5.75 Å². The third-order valence-electron chi connectivity index (χ3n) is 3.49. The Morgan fingerprint density at radius 3 is 2.61 bits per heavy atom. The molecule has 0 spiro atoms. The zero-order chi connectivity index (χ0) is 16.9. The third-order valence-corrected chi connectivity index (χ3v) is 6.66. The molecule has 9 heteroatoms. The van der Waals surface area contributed by atoms with Crippen molar-refractivity contribution >= 4 is 26.1 Å². The minimum atomic E-state index is -3.48. The largest absolute Gasteiger partial charge is 0.490 e. The minimum absolute atomic E-state index is 0.0349. The Morgan fingerprint density at radius 1 is 1.22 bits per heavy atom. The summed E-state index contributed by atoms with van der Waals surface area (Å²) < 4.78 is 30.5. The number of fused-ring (bicyclic) bond motifs is 1. The van der Waals surface area contributed by atoms with Crippen molar-refractivity contribution in [2.75, 3.05) is 12.9 Å². The molecule has 0 aliphatic heterocycles. The normalized spacial score (nSPS) is 11.9. The molecule has 0 radical (unpaired) electrons. The first-order valence-electron chi connectivity index (χ1n) is 7.65. The van der Waals surface area contributed by atoms with E-state index in [-0.39, 0.29) is 20.8 Å². The first kappa shape index (κ1) is 17.9. The maximum atomic E-state index is 12.3. The van der Waals surface area contributed by atoms with Crippen molar-refractivity contribution < 1.29 is 13.2 Å². The molecule has 0 saturated heterocycles. The van der Waals surface area contributed by atoms with Crippen LogP contribution in [0.1, 0.15) is 45.4 Å². The average molecular weight is 359 g/mol. The highest BCUT2D eigenvalue weighted by Gasteiger charge is 2.21. The molecule has 2 heterocycles. The number of unbranched alkanes of at least 4 members (excludes halogenated alkanes) is 5. The molecule has 0 atom stereocenters. The molecule has 23 heavy (non-hydrogen) atoms. The summed E-state index contributed by atoms with van der Waals surface area (Å²) in [5, 5.41) is 3.91. The molecular weight excluding hydrogens is 338 g/mol. The highest BCUT2D eigenvalue weighted by Crippen LogP contribution is 2.20. The van der Waals surface area contributed by atoms with Crippen LogP contribution in [0.4, 0.5) is 0 Å². The van der Waals surface area contributed by atoms with E-state index in [1.165, 1.54) is 19.7 Å². The molecule has 0 fully saturated rings. The molecule has 0 N–H and O–H groups in total. The Bertz CT molecular complexity index is 811. The number of ether oxygens (including phenoxy) is 1. The van der Waals surface area contributed by atoms with Crippen LogP contribution in [-0.2, 0) is 9.84 Å². The molecule has 2 aromatic rings. The van der Waals surface area contributed by atoms with Crippen molar-refractivity contribution in [1.82, 2.24) is 14.6 Å². The van der Waals surface area contributed by atoms with Gasteiger partial charge in [-0.05, 0) is 6.42 Å². The van der Waals surface area contributed by atoms with Gasteiger partial charge < -0.3 is 4.74 Å². The van der Waals surface area contributed by atoms with Gasteiger partial charge in [0.15, 0.2) is 0 Å². The second-order valence-corrected chi connectivity index (χ2v) is 8.52. The zero-order valence-corrected chi connectivity index (χ0v) is 15.0. The number of hydrogen-bond donors (Lipinski definition) is 0. The quantitative estimate of drug-likeness (QED) is 0.638. The van der Waals surface area contributed by atoms with Crippen LogP contribution < -0.4 is 10.3 Å². The standard InChI is InChI=1S/C14H21N3O4S2/c1-3-4-5-6-7-8-9-23(19,20)14-16-17-12(18)11(21-2)10-15-13(17)22-14/h10H,3-9H2,1-2H3. The van der Waals surface area contributed by atoms with Gasteiger partial charge in [0.05, 0.1) is 19.1 Å². The summed E-state index contributed by atoms with van der Waals surface area (Å²) in [4.78, 5) is 16.3. The zero-order valence-electron chi connectivity index (χ0n) is 13.3. The number of hydrogen-bond acceptors (Lipinski definition) is 7. The monoisotopic (exact) mass is 359 g/mol. The van der Waals surface area contributed by atoms with Crippen LogP contribution in [0.15, 0.2) is 15.3 Å². The Kier molecular flexibility index (Phi) is 6.11. The SMILES string of the molecule is CCCCCCCCS(=O)(=O)c1nn2c(=O)c(OC)cnc2s1. The molecule has 128 valence electrons. The third kappa shape index (κ3) is 4.29. The maximum absolute atomic E-state index is 12.3. The Labute approximate surface area is 139 Å². The number of nitrogens with zero attached hydrogens (tertiary/aromatic N) is 3. The summed E-state index contributed by atoms with van der Waals surface area (Å²) in [6.07, 6.45) is 7.29. The van der Waals surface area contributed by atoms with Crippen LogP contribution >= 0.6 is 11.3 Å². The molecule has 2 rings (SSSR count). The summed E-state index contributed by atoms with van der Waals surface area (Å²) >= 11 is 0.907. The summed E-state index contributed by atoms with van der Waals surface area (Å²) in [6.45, 7) is 2.14. The van der Waals surface area contributed by atoms with Gasteiger partial charge in [0.25, 0.3) is 0 Å². The summed E-state index contributed by atoms with van der Waals surface area (Å²) in [7, 11) is -2.13. The van der Waals surface area contributed by atoms with E-state index in [0.29, 0.717) is 6.42 Å². The second kappa shape index (κ2) is 7.87. The molecule has 2 aromatic heterocycles. The van der Waals surface area contributed by atoms with E-state index < -0.39 is 15.4 Å². The summed E-state index contributed by atoms with van der Waals surface area (Å²) in [5.41, 5.74) is -0.505. The van der Waals surface area contributed by atoms with Crippen molar-refractivity contribution in [1.29, 1.82) is 0 Å². The highest BCUT2D eigenvalue weighted by molar-refractivity contribution is 7.93. The van der Waals surface area contributed by atoms with Crippen LogP contribution in [0.25, 0.3) is 4.96 Å². The first-order valence-corrected chi connectivity index (χ1v) is 10.1. The van der Waals surface area contributed by atoms with Gasteiger partial charge >= 0.3 is 5.56 Å². The van der Waals surface area contributed by atoms with E-state index in [0.717, 1.165) is 41.5 Å². The summed E-state index contributed by atoms with van der Waals surface area (Å²) in [5.74, 6) is 0.0813. The fourth-order valence-electron chi connectivity index (χ4n) is 2.18. The lowest BCUT2D eigenvalue weighted by atomic mass is 10.1. The van der Waals surface area contributed by atoms with E-state index in [1.807, 2.05) is 0 Å². The second-order valence-electron chi connectivity index (χ2n) is 5.28. The van der Waals surface area contributed by atoms with Gasteiger partial charge in [-0.15, -0.1) is 5.10 Å². The van der Waals surface area contributed by atoms with Gasteiger partial charge in [-0.25, -0.2) is 13.4 Å². The molecule has 0 aliphatic carbocycles. The summed E-state index contributed by atoms with van der Waals surface area (Å²) in [6, 6.07) is 0. The lowest BCUT2D eigenvalue weighted by Crippen LogP contribution is -2.17. The van der Waals surface area contributed by atoms with Crippen LogP contribution in [0.5, 0.6) is 5.75 Å². The predicted octanol–water partition coefficient (Wildman–Crippen LogP) is 2.29. The van der Waals surface area contributed by atoms with Gasteiger partial charge in [-0.2, -0.15) is 4.52 Å². The fourth-order valence-corrected chi connectivity index (χ4v) is 4.72. The number of aromatic nitrogens is 3. The molecule has 0 unspecified atom stereocenters. The van der Waals surface area contributed by atoms with Crippen LogP contribution in [0.2, 0.25) is 0 Å². The van der Waals surface area contributed by atoms with E-state index in [9.17, 15) is 13.2 Å². The molecule has 0 amide bonds. The minimum Gasteiger partial charge on any atom is -0.490 e. The van der Waals surface area contributed by atoms with E-state index in [2.05, 4.69) is 17.0 Å². The fraction of sp³-hybridized carbons (Fsp3) is 0.643. The van der Waals surface area contributed by atoms with Gasteiger partial charge in [-0.1, -0.05) is 50.4 Å². The molecule has 0 aliphatic rings. The molecule has 7 nitrogen and oxygen atoms in total. The number of sulfone groups is 1. The van der Waals surface area contributed by atoms with Gasteiger partial charge in [-0.3, -0.25) is 4.79 Å². The Hall–Kier alpha value is -1.48. The number of rotatable bonds is 9. The van der Waals surface area contributed by atoms with Gasteiger partial charge in [0.2, 0.25) is 24.9 Å². The van der Waals surface area contributed by atoms with Crippen molar-refractivity contribution in [2.24, 2.45) is 0 Å². The molecular formula is C14H21N3O4S2. The predicted molar refractivity (Wildman–Crippen MR) is 89.1 cm³/mol.